The van der Waals surface area contributed by atoms with E-state index in [1.165, 1.54) is 13.8 Å². The van der Waals surface area contributed by atoms with Crippen molar-refractivity contribution in [3.05, 3.63) is 0 Å². The van der Waals surface area contributed by atoms with Gasteiger partial charge in [0.2, 0.25) is 0 Å². The third-order valence-corrected chi connectivity index (χ3v) is 0.962. The molecule has 0 saturated heterocycles. The van der Waals surface area contributed by atoms with Crippen LogP contribution in [0.25, 0.3) is 0 Å². The van der Waals surface area contributed by atoms with E-state index < -0.39 is 17.6 Å². The molecule has 0 atom stereocenters. The van der Waals surface area contributed by atoms with Crippen LogP contribution >= 0.6 is 0 Å². The first kappa shape index (κ1) is 11.2. The first-order chi connectivity index (χ1) is 5.13. The average Bonchev–Trinajstić information content (AvgIpc) is 1.78. The largest absolute Gasteiger partial charge is 0.471 e. The summed E-state index contributed by atoms with van der Waals surface area (Å²) >= 11 is 0. The van der Waals surface area contributed by atoms with Crippen molar-refractivity contribution in [1.29, 1.82) is 0 Å². The maximum absolute atomic E-state index is 11.6. The smallest absolute Gasteiger partial charge is 0.346 e. The van der Waals surface area contributed by atoms with Crippen molar-refractivity contribution < 1.29 is 18.0 Å². The predicted octanol–water partition coefficient (Wildman–Crippen LogP) is 0.402. The lowest BCUT2D eigenvalue weighted by atomic mass is 10.1. The molecule has 3 nitrogen and oxygen atoms in total. The Hall–Kier alpha value is -0.780. The van der Waals surface area contributed by atoms with Gasteiger partial charge in [-0.3, -0.25) is 4.79 Å². The number of halogens is 3. The number of hydrogen-bond donors (Lipinski definition) is 2. The summed E-state index contributed by atoms with van der Waals surface area (Å²) in [5.74, 6) is -1.96. The number of amides is 1. The monoisotopic (exact) mass is 184 g/mol. The molecule has 6 heteroatoms. The molecule has 0 radical (unpaired) electrons. The van der Waals surface area contributed by atoms with E-state index in [0.29, 0.717) is 0 Å². The molecule has 0 aromatic carbocycles. The van der Waals surface area contributed by atoms with Crippen molar-refractivity contribution in [2.75, 3.05) is 6.54 Å². The fourth-order valence-electron chi connectivity index (χ4n) is 0.408. The molecule has 0 aliphatic rings. The standard InChI is InChI=1S/C6H11F3N2O/c1-5(2,10)3-11-4(12)6(7,8)9/h3,10H2,1-2H3,(H,11,12). The maximum atomic E-state index is 11.6. The Bertz CT molecular complexity index is 171. The quantitative estimate of drug-likeness (QED) is 0.652. The van der Waals surface area contributed by atoms with Crippen molar-refractivity contribution in [2.45, 2.75) is 25.6 Å². The molecule has 0 aromatic heterocycles. The number of alkyl halides is 3. The Morgan fingerprint density at radius 1 is 1.42 bits per heavy atom. The predicted molar refractivity (Wildman–Crippen MR) is 37.3 cm³/mol. The summed E-state index contributed by atoms with van der Waals surface area (Å²) in [5, 5.41) is 1.67. The Balaban J connectivity index is 3.90. The summed E-state index contributed by atoms with van der Waals surface area (Å²) in [7, 11) is 0. The lowest BCUT2D eigenvalue weighted by Crippen LogP contribution is -2.48. The average molecular weight is 184 g/mol. The molecule has 0 spiro atoms. The van der Waals surface area contributed by atoms with E-state index >= 15 is 0 Å². The molecule has 0 aromatic rings. The van der Waals surface area contributed by atoms with Gasteiger partial charge in [-0.25, -0.2) is 0 Å². The Morgan fingerprint density at radius 3 is 2.08 bits per heavy atom. The molecule has 1 amide bonds. The second kappa shape index (κ2) is 3.30. The third-order valence-electron chi connectivity index (χ3n) is 0.962. The molecule has 72 valence electrons. The van der Waals surface area contributed by atoms with Crippen LogP contribution in [0.4, 0.5) is 13.2 Å². The molecule has 0 aliphatic carbocycles. The van der Waals surface area contributed by atoms with Crippen LogP contribution in [0.15, 0.2) is 0 Å². The highest BCUT2D eigenvalue weighted by atomic mass is 19.4. The van der Waals surface area contributed by atoms with Crippen molar-refractivity contribution in [2.24, 2.45) is 5.73 Å². The highest BCUT2D eigenvalue weighted by Crippen LogP contribution is 2.14. The zero-order valence-electron chi connectivity index (χ0n) is 6.83. The van der Waals surface area contributed by atoms with Gasteiger partial charge < -0.3 is 11.1 Å². The molecular weight excluding hydrogens is 173 g/mol. The zero-order valence-corrected chi connectivity index (χ0v) is 6.83. The molecule has 0 rings (SSSR count). The Labute approximate surface area is 68.1 Å². The zero-order chi connectivity index (χ0) is 9.99. The lowest BCUT2D eigenvalue weighted by Gasteiger charge is -2.19. The summed E-state index contributed by atoms with van der Waals surface area (Å²) in [4.78, 5) is 10.2. The summed E-state index contributed by atoms with van der Waals surface area (Å²) in [6, 6.07) is 0. The topological polar surface area (TPSA) is 55.1 Å². The van der Waals surface area contributed by atoms with Gasteiger partial charge in [0, 0.05) is 12.1 Å². The number of rotatable bonds is 2. The molecule has 0 saturated carbocycles. The van der Waals surface area contributed by atoms with Crippen molar-refractivity contribution in [1.82, 2.24) is 5.32 Å². The molecular formula is C6H11F3N2O. The van der Waals surface area contributed by atoms with Gasteiger partial charge in [-0.2, -0.15) is 13.2 Å². The van der Waals surface area contributed by atoms with Crippen LogP contribution in [0.1, 0.15) is 13.8 Å². The van der Waals surface area contributed by atoms with Crippen LogP contribution in [0.3, 0.4) is 0 Å². The van der Waals surface area contributed by atoms with E-state index in [-0.39, 0.29) is 6.54 Å². The van der Waals surface area contributed by atoms with Gasteiger partial charge in [0.05, 0.1) is 0 Å². The minimum absolute atomic E-state index is 0.203. The van der Waals surface area contributed by atoms with Gasteiger partial charge in [-0.15, -0.1) is 0 Å². The summed E-state index contributed by atoms with van der Waals surface area (Å²) in [6.07, 6.45) is -4.83. The number of carbonyl (C=O) groups excluding carboxylic acids is 1. The molecule has 3 N–H and O–H groups in total. The van der Waals surface area contributed by atoms with Gasteiger partial charge >= 0.3 is 12.1 Å². The van der Waals surface area contributed by atoms with Crippen LogP contribution in [0.2, 0.25) is 0 Å². The van der Waals surface area contributed by atoms with Crippen molar-refractivity contribution in [3.63, 3.8) is 0 Å². The third kappa shape index (κ3) is 4.95. The second-order valence-electron chi connectivity index (χ2n) is 3.17. The van der Waals surface area contributed by atoms with Gasteiger partial charge in [0.1, 0.15) is 0 Å². The van der Waals surface area contributed by atoms with Gasteiger partial charge in [0.15, 0.2) is 0 Å². The number of carbonyl (C=O) groups is 1. The number of hydrogen-bond acceptors (Lipinski definition) is 2. The summed E-state index contributed by atoms with van der Waals surface area (Å²) in [5.41, 5.74) is 4.51. The van der Waals surface area contributed by atoms with Gasteiger partial charge in [-0.1, -0.05) is 0 Å². The highest BCUT2D eigenvalue weighted by Gasteiger charge is 2.38. The highest BCUT2D eigenvalue weighted by molar-refractivity contribution is 5.81. The van der Waals surface area contributed by atoms with Crippen LogP contribution < -0.4 is 11.1 Å². The van der Waals surface area contributed by atoms with Crippen LogP contribution in [-0.2, 0) is 4.79 Å². The second-order valence-corrected chi connectivity index (χ2v) is 3.17. The molecule has 0 heterocycles. The molecule has 0 fully saturated rings. The maximum Gasteiger partial charge on any atom is 0.471 e. The van der Waals surface area contributed by atoms with Crippen molar-refractivity contribution >= 4 is 5.91 Å². The fraction of sp³-hybridized carbons (Fsp3) is 0.833. The van der Waals surface area contributed by atoms with Gasteiger partial charge in [0.25, 0.3) is 0 Å². The Kier molecular flexibility index (Phi) is 3.09. The first-order valence-corrected chi connectivity index (χ1v) is 3.27. The Morgan fingerprint density at radius 2 is 1.83 bits per heavy atom. The van der Waals surface area contributed by atoms with Crippen LogP contribution in [0, 0.1) is 0 Å². The van der Waals surface area contributed by atoms with E-state index in [0.717, 1.165) is 0 Å². The fourth-order valence-corrected chi connectivity index (χ4v) is 0.408. The normalized spacial score (nSPS) is 12.8. The minimum Gasteiger partial charge on any atom is -0.346 e. The summed E-state index contributed by atoms with van der Waals surface area (Å²) in [6.45, 7) is 2.83. The number of nitrogens with two attached hydrogens (primary N) is 1. The van der Waals surface area contributed by atoms with Crippen LogP contribution in [-0.4, -0.2) is 24.2 Å². The molecule has 12 heavy (non-hydrogen) atoms. The molecule has 0 bridgehead atoms. The lowest BCUT2D eigenvalue weighted by molar-refractivity contribution is -0.173. The van der Waals surface area contributed by atoms with E-state index in [1.54, 1.807) is 5.32 Å². The van der Waals surface area contributed by atoms with Crippen molar-refractivity contribution in [3.8, 4) is 0 Å². The van der Waals surface area contributed by atoms with E-state index in [1.807, 2.05) is 0 Å². The van der Waals surface area contributed by atoms with Gasteiger partial charge in [-0.05, 0) is 13.8 Å². The van der Waals surface area contributed by atoms with E-state index in [9.17, 15) is 18.0 Å². The number of nitrogens with one attached hydrogen (secondary N) is 1. The molecule has 0 unspecified atom stereocenters. The molecule has 0 aliphatic heterocycles. The van der Waals surface area contributed by atoms with E-state index in [2.05, 4.69) is 0 Å². The SMILES string of the molecule is CC(C)(N)CNC(=O)C(F)(F)F. The first-order valence-electron chi connectivity index (χ1n) is 3.27. The van der Waals surface area contributed by atoms with E-state index in [4.69, 9.17) is 5.73 Å². The summed E-state index contributed by atoms with van der Waals surface area (Å²) < 4.78 is 34.7. The minimum atomic E-state index is -4.83. The van der Waals surface area contributed by atoms with Crippen LogP contribution in [0.5, 0.6) is 0 Å².